The van der Waals surface area contributed by atoms with Gasteiger partial charge in [0.1, 0.15) is 0 Å². The topological polar surface area (TPSA) is 92.3 Å². The van der Waals surface area contributed by atoms with Gasteiger partial charge in [0.05, 0.1) is 56.7 Å². The lowest BCUT2D eigenvalue weighted by Crippen LogP contribution is -2.37. The third kappa shape index (κ3) is 6.08. The Balaban J connectivity index is 1.43. The lowest BCUT2D eigenvalue weighted by Gasteiger charge is -2.35. The van der Waals surface area contributed by atoms with Crippen LogP contribution in [0.4, 0.5) is 13.2 Å². The van der Waals surface area contributed by atoms with E-state index >= 15 is 0 Å². The van der Waals surface area contributed by atoms with Crippen LogP contribution in [0.25, 0.3) is 0 Å². The number of pyridine rings is 2. The van der Waals surface area contributed by atoms with Gasteiger partial charge in [-0.3, -0.25) is 23.8 Å². The Labute approximate surface area is 223 Å². The maximum atomic E-state index is 13.4. The van der Waals surface area contributed by atoms with Crippen molar-refractivity contribution in [2.24, 2.45) is 17.8 Å². The minimum absolute atomic E-state index is 0.00419. The molecule has 11 heteroatoms. The predicted octanol–water partition coefficient (Wildman–Crippen LogP) is 5.06. The summed E-state index contributed by atoms with van der Waals surface area (Å²) in [6.07, 6.45) is -0.138. The molecular formula is C27H33F3N4O3S. The van der Waals surface area contributed by atoms with Crippen LogP contribution in [-0.4, -0.2) is 49.4 Å². The van der Waals surface area contributed by atoms with Crippen LogP contribution >= 0.6 is 0 Å². The second-order valence-electron chi connectivity index (χ2n) is 10.4. The number of hydrogen-bond acceptors (Lipinski definition) is 5. The van der Waals surface area contributed by atoms with Gasteiger partial charge in [0.25, 0.3) is 11.8 Å². The summed E-state index contributed by atoms with van der Waals surface area (Å²) in [7, 11) is -1.10. The first-order chi connectivity index (χ1) is 18.0. The molecule has 7 nitrogen and oxygen atoms in total. The van der Waals surface area contributed by atoms with Crippen LogP contribution < -0.4 is 5.32 Å². The third-order valence-corrected chi connectivity index (χ3v) is 8.73. The molecule has 2 amide bonds. The van der Waals surface area contributed by atoms with Crippen molar-refractivity contribution in [3.8, 4) is 0 Å². The maximum Gasteiger partial charge on any atom is 0.391 e. The molecule has 1 aliphatic carbocycles. The Morgan fingerprint density at radius 3 is 2.45 bits per heavy atom. The lowest BCUT2D eigenvalue weighted by molar-refractivity contribution is -0.184. The van der Waals surface area contributed by atoms with E-state index in [1.807, 2.05) is 20.8 Å². The van der Waals surface area contributed by atoms with Gasteiger partial charge in [0.2, 0.25) is 0 Å². The number of hydrogen-bond donors (Lipinski definition) is 1. The van der Waals surface area contributed by atoms with Crippen LogP contribution in [0.5, 0.6) is 0 Å². The van der Waals surface area contributed by atoms with E-state index in [0.717, 1.165) is 0 Å². The molecular weight excluding hydrogens is 517 g/mol. The number of carbonyl (C=O) groups excluding carboxylic acids is 2. The van der Waals surface area contributed by atoms with Gasteiger partial charge in [-0.05, 0) is 55.7 Å². The molecule has 3 heterocycles. The molecule has 2 unspecified atom stereocenters. The number of halogens is 3. The number of fused-ring (bicyclic) bond motifs is 1. The summed E-state index contributed by atoms with van der Waals surface area (Å²) in [5.41, 5.74) is 1.82. The number of nitrogens with zero attached hydrogens (tertiary/aromatic N) is 3. The molecule has 1 saturated carbocycles. The second kappa shape index (κ2) is 11.5. The number of aromatic nitrogens is 2. The van der Waals surface area contributed by atoms with Crippen molar-refractivity contribution >= 4 is 22.6 Å². The summed E-state index contributed by atoms with van der Waals surface area (Å²) in [4.78, 5) is 37.3. The molecule has 0 spiro atoms. The standard InChI is InChI=1S/C27H33F3N4O3S/c1-4-38(37)21-10-9-20(31-14-21)13-33-25(35)18-11-22-23(32-12-18)24(16(2)3)34(26(22)36)15-17-5-7-19(8-6-17)27(28,29)30/h9-12,14,16-17,19,24H,4-8,13,15H2,1-3H3,(H,33,35). The Morgan fingerprint density at radius 1 is 1.16 bits per heavy atom. The van der Waals surface area contributed by atoms with Gasteiger partial charge >= 0.3 is 6.18 Å². The zero-order valence-corrected chi connectivity index (χ0v) is 22.6. The first-order valence-electron chi connectivity index (χ1n) is 13.0. The number of alkyl halides is 3. The third-order valence-electron chi connectivity index (χ3n) is 7.44. The lowest BCUT2D eigenvalue weighted by atomic mass is 9.81. The summed E-state index contributed by atoms with van der Waals surface area (Å²) >= 11 is 0. The van der Waals surface area contributed by atoms with E-state index in [0.29, 0.717) is 47.0 Å². The average Bonchev–Trinajstić information content (AvgIpc) is 3.17. The van der Waals surface area contributed by atoms with E-state index in [2.05, 4.69) is 15.3 Å². The van der Waals surface area contributed by atoms with Crippen molar-refractivity contribution in [3.63, 3.8) is 0 Å². The highest BCUT2D eigenvalue weighted by Crippen LogP contribution is 2.43. The number of carbonyl (C=O) groups is 2. The Bertz CT molecular complexity index is 1200. The number of rotatable bonds is 8. The largest absolute Gasteiger partial charge is 0.391 e. The number of nitrogens with one attached hydrogen (secondary N) is 1. The SMILES string of the molecule is CCS(=O)c1ccc(CNC(=O)c2cnc3c(c2)C(=O)N(CC2CCC(C(F)(F)F)CC2)C3C(C)C)nc1. The van der Waals surface area contributed by atoms with Crippen molar-refractivity contribution in [1.29, 1.82) is 0 Å². The Morgan fingerprint density at radius 2 is 1.87 bits per heavy atom. The first-order valence-corrected chi connectivity index (χ1v) is 14.3. The molecule has 2 aromatic rings. The molecule has 2 aliphatic rings. The van der Waals surface area contributed by atoms with Gasteiger partial charge in [-0.15, -0.1) is 0 Å². The minimum atomic E-state index is -4.17. The molecule has 1 N–H and O–H groups in total. The fourth-order valence-electron chi connectivity index (χ4n) is 5.35. The van der Waals surface area contributed by atoms with Crippen molar-refractivity contribution in [1.82, 2.24) is 20.2 Å². The normalized spacial score (nSPS) is 22.4. The highest BCUT2D eigenvalue weighted by atomic mass is 32.2. The van der Waals surface area contributed by atoms with Crippen LogP contribution in [0.15, 0.2) is 35.5 Å². The average molecular weight is 551 g/mol. The monoisotopic (exact) mass is 550 g/mol. The van der Waals surface area contributed by atoms with E-state index < -0.39 is 28.8 Å². The molecule has 0 aromatic carbocycles. The maximum absolute atomic E-state index is 13.4. The molecule has 38 heavy (non-hydrogen) atoms. The molecule has 0 bridgehead atoms. The fraction of sp³-hybridized carbons (Fsp3) is 0.556. The van der Waals surface area contributed by atoms with Crippen LogP contribution in [-0.2, 0) is 17.3 Å². The summed E-state index contributed by atoms with van der Waals surface area (Å²) < 4.78 is 51.1. The van der Waals surface area contributed by atoms with Gasteiger partial charge in [0.15, 0.2) is 0 Å². The quantitative estimate of drug-likeness (QED) is 0.496. The Kier molecular flexibility index (Phi) is 8.54. The molecule has 0 radical (unpaired) electrons. The fourth-order valence-corrected chi connectivity index (χ4v) is 6.07. The van der Waals surface area contributed by atoms with Crippen molar-refractivity contribution in [2.75, 3.05) is 12.3 Å². The van der Waals surface area contributed by atoms with Crippen LogP contribution in [0, 0.1) is 17.8 Å². The van der Waals surface area contributed by atoms with Crippen molar-refractivity contribution in [3.05, 3.63) is 53.1 Å². The molecule has 4 rings (SSSR count). The van der Waals surface area contributed by atoms with E-state index in [9.17, 15) is 27.0 Å². The zero-order chi connectivity index (χ0) is 27.6. The van der Waals surface area contributed by atoms with E-state index in [4.69, 9.17) is 0 Å². The summed E-state index contributed by atoms with van der Waals surface area (Å²) in [6.45, 7) is 6.33. The highest BCUT2D eigenvalue weighted by Gasteiger charge is 2.44. The van der Waals surface area contributed by atoms with E-state index in [1.54, 1.807) is 23.1 Å². The van der Waals surface area contributed by atoms with Gasteiger partial charge in [-0.1, -0.05) is 20.8 Å². The van der Waals surface area contributed by atoms with Crippen molar-refractivity contribution < 1.29 is 27.0 Å². The van der Waals surface area contributed by atoms with Crippen LogP contribution in [0.1, 0.15) is 84.6 Å². The molecule has 206 valence electrons. The molecule has 2 atom stereocenters. The van der Waals surface area contributed by atoms with Gasteiger partial charge < -0.3 is 10.2 Å². The van der Waals surface area contributed by atoms with Crippen LogP contribution in [0.3, 0.4) is 0 Å². The second-order valence-corrected chi connectivity index (χ2v) is 12.1. The molecule has 1 fully saturated rings. The molecule has 2 aromatic heterocycles. The molecule has 1 aliphatic heterocycles. The first kappa shape index (κ1) is 28.2. The van der Waals surface area contributed by atoms with Crippen molar-refractivity contribution in [2.45, 2.75) is 70.1 Å². The highest BCUT2D eigenvalue weighted by molar-refractivity contribution is 7.85. The van der Waals surface area contributed by atoms with E-state index in [1.165, 1.54) is 12.4 Å². The smallest absolute Gasteiger partial charge is 0.346 e. The minimum Gasteiger partial charge on any atom is -0.346 e. The van der Waals surface area contributed by atoms with Gasteiger partial charge in [-0.2, -0.15) is 13.2 Å². The van der Waals surface area contributed by atoms with E-state index in [-0.39, 0.29) is 48.7 Å². The van der Waals surface area contributed by atoms with Gasteiger partial charge in [0, 0.05) is 24.7 Å². The Hall–Kier alpha value is -2.82. The summed E-state index contributed by atoms with van der Waals surface area (Å²) in [5.74, 6) is -1.35. The van der Waals surface area contributed by atoms with Crippen LogP contribution in [0.2, 0.25) is 0 Å². The summed E-state index contributed by atoms with van der Waals surface area (Å²) in [6, 6.07) is 4.70. The zero-order valence-electron chi connectivity index (χ0n) is 21.8. The molecule has 0 saturated heterocycles. The number of amides is 2. The van der Waals surface area contributed by atoms with Gasteiger partial charge in [-0.25, -0.2) is 0 Å². The predicted molar refractivity (Wildman–Crippen MR) is 137 cm³/mol. The summed E-state index contributed by atoms with van der Waals surface area (Å²) in [5, 5.41) is 2.78.